The number of thiazole rings is 1. The van der Waals surface area contributed by atoms with Gasteiger partial charge in [-0.3, -0.25) is 4.90 Å². The van der Waals surface area contributed by atoms with Gasteiger partial charge in [0.05, 0.1) is 16.7 Å². The number of aromatic nitrogens is 1. The number of fused-ring (bicyclic) bond motifs is 1. The Morgan fingerprint density at radius 1 is 1.23 bits per heavy atom. The second-order valence-electron chi connectivity index (χ2n) is 6.11. The minimum absolute atomic E-state index is 0.219. The molecular formula is C18H22N2OS. The molecule has 2 heterocycles. The van der Waals surface area contributed by atoms with Crippen LogP contribution >= 0.6 is 11.3 Å². The average Bonchev–Trinajstić information content (AvgIpc) is 3.12. The van der Waals surface area contributed by atoms with Crippen molar-refractivity contribution in [1.82, 2.24) is 9.88 Å². The second kappa shape index (κ2) is 6.23. The van der Waals surface area contributed by atoms with Gasteiger partial charge in [0.2, 0.25) is 0 Å². The zero-order valence-corrected chi connectivity index (χ0v) is 14.4. The quantitative estimate of drug-likeness (QED) is 0.647. The molecule has 0 unspecified atom stereocenters. The fourth-order valence-corrected chi connectivity index (χ4v) is 3.30. The molecule has 1 atom stereocenters. The number of furan rings is 1. The summed E-state index contributed by atoms with van der Waals surface area (Å²) in [6.45, 7) is 7.38. The molecule has 3 nitrogen and oxygen atoms in total. The third-order valence-electron chi connectivity index (χ3n) is 3.99. The molecule has 0 saturated heterocycles. The Morgan fingerprint density at radius 2 is 2.00 bits per heavy atom. The normalized spacial score (nSPS) is 13.4. The summed E-state index contributed by atoms with van der Waals surface area (Å²) in [6.07, 6.45) is 0. The van der Waals surface area contributed by atoms with E-state index in [0.717, 1.165) is 29.0 Å². The molecule has 0 N–H and O–H groups in total. The van der Waals surface area contributed by atoms with Crippen LogP contribution in [-0.4, -0.2) is 16.9 Å². The van der Waals surface area contributed by atoms with Crippen LogP contribution in [0.4, 0.5) is 0 Å². The number of hydrogen-bond donors (Lipinski definition) is 0. The van der Waals surface area contributed by atoms with Crippen molar-refractivity contribution in [3.63, 3.8) is 0 Å². The summed E-state index contributed by atoms with van der Waals surface area (Å²) in [5.74, 6) is 1.50. The van der Waals surface area contributed by atoms with E-state index >= 15 is 0 Å². The zero-order valence-electron chi connectivity index (χ0n) is 13.5. The molecule has 0 aliphatic carbocycles. The number of hydrogen-bond acceptors (Lipinski definition) is 4. The zero-order chi connectivity index (χ0) is 15.7. The van der Waals surface area contributed by atoms with Crippen molar-refractivity contribution in [3.8, 4) is 0 Å². The highest BCUT2D eigenvalue weighted by molar-refractivity contribution is 7.09. The molecule has 0 radical (unpaired) electrons. The van der Waals surface area contributed by atoms with Crippen LogP contribution < -0.4 is 0 Å². The molecule has 22 heavy (non-hydrogen) atoms. The third kappa shape index (κ3) is 3.08. The molecule has 0 saturated carbocycles. The predicted octanol–water partition coefficient (Wildman–Crippen LogP) is 5.21. The van der Waals surface area contributed by atoms with Crippen LogP contribution in [0.3, 0.4) is 0 Å². The van der Waals surface area contributed by atoms with E-state index in [1.54, 1.807) is 11.3 Å². The molecule has 0 fully saturated rings. The van der Waals surface area contributed by atoms with E-state index < -0.39 is 0 Å². The first-order valence-electron chi connectivity index (χ1n) is 7.67. The van der Waals surface area contributed by atoms with Gasteiger partial charge in [-0.05, 0) is 26.1 Å². The monoisotopic (exact) mass is 314 g/mol. The maximum absolute atomic E-state index is 5.97. The molecule has 3 rings (SSSR count). The topological polar surface area (TPSA) is 29.3 Å². The first-order chi connectivity index (χ1) is 10.5. The highest BCUT2D eigenvalue weighted by Crippen LogP contribution is 2.28. The Labute approximate surface area is 135 Å². The highest BCUT2D eigenvalue weighted by Gasteiger charge is 2.17. The van der Waals surface area contributed by atoms with E-state index in [2.05, 4.69) is 50.2 Å². The van der Waals surface area contributed by atoms with E-state index in [4.69, 9.17) is 9.40 Å². The molecule has 0 amide bonds. The van der Waals surface area contributed by atoms with Gasteiger partial charge >= 0.3 is 0 Å². The maximum Gasteiger partial charge on any atom is 0.134 e. The molecule has 116 valence electrons. The van der Waals surface area contributed by atoms with Gasteiger partial charge in [0.25, 0.3) is 0 Å². The SMILES string of the molecule is CC(C)c1nc(CN(C)[C@H](C)c2cc3ccccc3o2)cs1. The van der Waals surface area contributed by atoms with Crippen molar-refractivity contribution in [3.05, 3.63) is 52.2 Å². The van der Waals surface area contributed by atoms with Crippen LogP contribution in [-0.2, 0) is 6.54 Å². The Bertz CT molecular complexity index is 726. The van der Waals surface area contributed by atoms with Gasteiger partial charge in [-0.15, -0.1) is 11.3 Å². The van der Waals surface area contributed by atoms with E-state index in [9.17, 15) is 0 Å². The average molecular weight is 314 g/mol. The van der Waals surface area contributed by atoms with Gasteiger partial charge in [-0.25, -0.2) is 4.98 Å². The minimum atomic E-state index is 0.219. The molecule has 0 aliphatic rings. The fraction of sp³-hybridized carbons (Fsp3) is 0.389. The van der Waals surface area contributed by atoms with Gasteiger partial charge in [0.1, 0.15) is 11.3 Å². The smallest absolute Gasteiger partial charge is 0.134 e. The standard InChI is InChI=1S/C18H22N2OS/c1-12(2)18-19-15(11-22-18)10-20(4)13(3)17-9-14-7-5-6-8-16(14)21-17/h5-9,11-13H,10H2,1-4H3/t13-/m1/s1. The molecule has 0 bridgehead atoms. The molecule has 3 aromatic rings. The van der Waals surface area contributed by atoms with Crippen molar-refractivity contribution < 1.29 is 4.42 Å². The molecule has 4 heteroatoms. The van der Waals surface area contributed by atoms with E-state index in [1.165, 1.54) is 5.01 Å². The minimum Gasteiger partial charge on any atom is -0.459 e. The Morgan fingerprint density at radius 3 is 2.68 bits per heavy atom. The summed E-state index contributed by atoms with van der Waals surface area (Å²) in [6, 6.07) is 10.5. The van der Waals surface area contributed by atoms with Crippen molar-refractivity contribution in [2.45, 2.75) is 39.3 Å². The van der Waals surface area contributed by atoms with Gasteiger partial charge in [-0.1, -0.05) is 32.0 Å². The number of nitrogens with zero attached hydrogens (tertiary/aromatic N) is 2. The Kier molecular flexibility index (Phi) is 4.32. The molecule has 0 spiro atoms. The number of benzene rings is 1. The predicted molar refractivity (Wildman–Crippen MR) is 92.3 cm³/mol. The van der Waals surface area contributed by atoms with Crippen molar-refractivity contribution >= 4 is 22.3 Å². The summed E-state index contributed by atoms with van der Waals surface area (Å²) in [7, 11) is 2.12. The molecule has 0 aliphatic heterocycles. The largest absolute Gasteiger partial charge is 0.459 e. The fourth-order valence-electron chi connectivity index (χ4n) is 2.48. The van der Waals surface area contributed by atoms with Crippen LogP contribution in [0, 0.1) is 0 Å². The van der Waals surface area contributed by atoms with Crippen LogP contribution in [0.1, 0.15) is 49.2 Å². The number of para-hydroxylation sites is 1. The summed E-state index contributed by atoms with van der Waals surface area (Å²) in [5.41, 5.74) is 2.09. The lowest BCUT2D eigenvalue weighted by molar-refractivity contribution is 0.224. The molecule has 1 aromatic carbocycles. The Balaban J connectivity index is 1.74. The van der Waals surface area contributed by atoms with Crippen molar-refractivity contribution in [2.75, 3.05) is 7.05 Å². The van der Waals surface area contributed by atoms with Crippen LogP contribution in [0.5, 0.6) is 0 Å². The molecule has 2 aromatic heterocycles. The van der Waals surface area contributed by atoms with Gasteiger partial charge in [-0.2, -0.15) is 0 Å². The molecular weight excluding hydrogens is 292 g/mol. The number of rotatable bonds is 5. The van der Waals surface area contributed by atoms with E-state index in [1.807, 2.05) is 18.2 Å². The maximum atomic E-state index is 5.97. The Hall–Kier alpha value is -1.65. The van der Waals surface area contributed by atoms with Gasteiger partial charge in [0, 0.05) is 23.2 Å². The van der Waals surface area contributed by atoms with Gasteiger partial charge < -0.3 is 4.42 Å². The summed E-state index contributed by atoms with van der Waals surface area (Å²) < 4.78 is 5.97. The summed E-state index contributed by atoms with van der Waals surface area (Å²) in [5, 5.41) is 4.53. The van der Waals surface area contributed by atoms with Gasteiger partial charge in [0.15, 0.2) is 0 Å². The van der Waals surface area contributed by atoms with Crippen molar-refractivity contribution in [1.29, 1.82) is 0 Å². The van der Waals surface area contributed by atoms with Crippen LogP contribution in [0.25, 0.3) is 11.0 Å². The lowest BCUT2D eigenvalue weighted by Gasteiger charge is -2.21. The summed E-state index contributed by atoms with van der Waals surface area (Å²) in [4.78, 5) is 6.99. The highest BCUT2D eigenvalue weighted by atomic mass is 32.1. The first kappa shape index (κ1) is 15.3. The second-order valence-corrected chi connectivity index (χ2v) is 7.00. The summed E-state index contributed by atoms with van der Waals surface area (Å²) >= 11 is 1.75. The van der Waals surface area contributed by atoms with Crippen molar-refractivity contribution in [2.24, 2.45) is 0 Å². The lowest BCUT2D eigenvalue weighted by Crippen LogP contribution is -2.21. The first-order valence-corrected chi connectivity index (χ1v) is 8.55. The van der Waals surface area contributed by atoms with E-state index in [0.29, 0.717) is 5.92 Å². The van der Waals surface area contributed by atoms with Crippen LogP contribution in [0.15, 0.2) is 40.1 Å². The third-order valence-corrected chi connectivity index (χ3v) is 5.19. The van der Waals surface area contributed by atoms with Crippen LogP contribution in [0.2, 0.25) is 0 Å². The lowest BCUT2D eigenvalue weighted by atomic mass is 10.2. The van der Waals surface area contributed by atoms with E-state index in [-0.39, 0.29) is 6.04 Å².